The summed E-state index contributed by atoms with van der Waals surface area (Å²) in [6, 6.07) is 26.9. The zero-order valence-corrected chi connectivity index (χ0v) is 26.3. The molecule has 9 nitrogen and oxygen atoms in total. The second kappa shape index (κ2) is 13.3. The Morgan fingerprint density at radius 3 is 2.55 bits per heavy atom. The number of nitrogens with zero attached hydrogens (tertiary/aromatic N) is 3. The van der Waals surface area contributed by atoms with Crippen LogP contribution in [0.5, 0.6) is 17.2 Å². The van der Waals surface area contributed by atoms with Gasteiger partial charge in [0.1, 0.15) is 37.1 Å². The number of carbonyl (C=O) groups is 2. The molecule has 0 spiro atoms. The van der Waals surface area contributed by atoms with Crippen molar-refractivity contribution in [3.63, 3.8) is 0 Å². The Balaban J connectivity index is 1.26. The molecule has 1 aromatic heterocycles. The largest absolute Gasteiger partial charge is 0.507 e. The van der Waals surface area contributed by atoms with E-state index >= 15 is 0 Å². The fourth-order valence-electron chi connectivity index (χ4n) is 5.32. The number of hydrogen-bond acceptors (Lipinski definition) is 10. The van der Waals surface area contributed by atoms with E-state index in [9.17, 15) is 19.1 Å². The highest BCUT2D eigenvalue weighted by atomic mass is 32.2. The van der Waals surface area contributed by atoms with Gasteiger partial charge in [-0.2, -0.15) is 0 Å². The van der Waals surface area contributed by atoms with Crippen LogP contribution in [0.3, 0.4) is 0 Å². The number of amides is 1. The third kappa shape index (κ3) is 6.29. The number of thioether (sulfide) groups is 1. The van der Waals surface area contributed by atoms with Gasteiger partial charge in [-0.3, -0.25) is 14.5 Å². The van der Waals surface area contributed by atoms with Crippen molar-refractivity contribution in [2.75, 3.05) is 18.1 Å². The van der Waals surface area contributed by atoms with Gasteiger partial charge in [-0.25, -0.2) is 4.39 Å². The highest BCUT2D eigenvalue weighted by Crippen LogP contribution is 2.45. The maximum atomic E-state index is 14.2. The molecule has 5 aromatic rings. The van der Waals surface area contributed by atoms with Crippen LogP contribution in [0.15, 0.2) is 107 Å². The highest BCUT2D eigenvalue weighted by Gasteiger charge is 2.48. The van der Waals surface area contributed by atoms with Crippen molar-refractivity contribution in [3.05, 3.63) is 131 Å². The number of halogens is 1. The molecule has 236 valence electrons. The Morgan fingerprint density at radius 2 is 1.72 bits per heavy atom. The summed E-state index contributed by atoms with van der Waals surface area (Å²) in [5.74, 6) is -0.708. The SMILES string of the molecule is O=C1C(=O)N(c2nnc(SCc3ccccc3F)s2)C(c2cccc(OCc3ccccc3)c2)/C1=C(\O)c1ccc2c(c1)OCCO2. The van der Waals surface area contributed by atoms with Gasteiger partial charge in [0.2, 0.25) is 5.13 Å². The van der Waals surface area contributed by atoms with Crippen LogP contribution in [0.1, 0.15) is 28.3 Å². The molecule has 1 saturated heterocycles. The molecule has 0 bridgehead atoms. The normalized spacial score (nSPS) is 16.8. The molecule has 0 radical (unpaired) electrons. The van der Waals surface area contributed by atoms with Crippen LogP contribution in [0, 0.1) is 5.82 Å². The Labute approximate surface area is 277 Å². The van der Waals surface area contributed by atoms with Crippen LogP contribution in [-0.4, -0.2) is 40.2 Å². The van der Waals surface area contributed by atoms with Crippen molar-refractivity contribution in [3.8, 4) is 17.2 Å². The maximum Gasteiger partial charge on any atom is 0.301 e. The van der Waals surface area contributed by atoms with Gasteiger partial charge in [0.25, 0.3) is 5.78 Å². The molecular formula is C35H26FN3O6S2. The van der Waals surface area contributed by atoms with Gasteiger partial charge in [-0.1, -0.05) is 83.8 Å². The van der Waals surface area contributed by atoms with Crippen LogP contribution in [-0.2, 0) is 21.9 Å². The van der Waals surface area contributed by atoms with Gasteiger partial charge < -0.3 is 19.3 Å². The zero-order valence-electron chi connectivity index (χ0n) is 24.7. The van der Waals surface area contributed by atoms with Crippen LogP contribution in [0.4, 0.5) is 9.52 Å². The predicted molar refractivity (Wildman–Crippen MR) is 175 cm³/mol. The molecule has 1 N–H and O–H groups in total. The summed E-state index contributed by atoms with van der Waals surface area (Å²) in [5.41, 5.74) is 2.15. The van der Waals surface area contributed by atoms with Crippen LogP contribution in [0.2, 0.25) is 0 Å². The second-order valence-corrected chi connectivity index (χ2v) is 12.8. The number of carbonyl (C=O) groups excluding carboxylic acids is 2. The van der Waals surface area contributed by atoms with Crippen molar-refractivity contribution < 1.29 is 33.3 Å². The molecule has 7 rings (SSSR count). The standard InChI is InChI=1S/C35H26FN3O6S2/c36-26-12-5-4-9-24(26)20-46-35-38-37-34(47-35)39-30(22-10-6-11-25(17-22)45-19-21-7-2-1-3-8-21)29(32(41)33(39)42)31(40)23-13-14-27-28(18-23)44-16-15-43-27/h1-14,17-18,30,40H,15-16,19-20H2/b31-29+. The fourth-order valence-corrected chi connectivity index (χ4v) is 7.17. The average molecular weight is 668 g/mol. The molecule has 1 atom stereocenters. The lowest BCUT2D eigenvalue weighted by molar-refractivity contribution is -0.132. The summed E-state index contributed by atoms with van der Waals surface area (Å²) in [7, 11) is 0. The number of fused-ring (bicyclic) bond motifs is 1. The molecule has 2 aliphatic rings. The first-order chi connectivity index (χ1) is 23.0. The van der Waals surface area contributed by atoms with E-state index in [0.29, 0.717) is 58.3 Å². The van der Waals surface area contributed by atoms with Crippen LogP contribution < -0.4 is 19.1 Å². The molecule has 1 unspecified atom stereocenters. The number of rotatable bonds is 9. The number of ether oxygens (including phenoxy) is 3. The van der Waals surface area contributed by atoms with E-state index in [0.717, 1.165) is 16.9 Å². The first kappa shape index (κ1) is 30.5. The van der Waals surface area contributed by atoms with Gasteiger partial charge in [0, 0.05) is 11.3 Å². The van der Waals surface area contributed by atoms with E-state index in [-0.39, 0.29) is 27.8 Å². The van der Waals surface area contributed by atoms with Crippen LogP contribution >= 0.6 is 23.1 Å². The Bertz CT molecular complexity index is 2000. The molecule has 3 heterocycles. The van der Waals surface area contributed by atoms with Gasteiger partial charge in [0.05, 0.1) is 11.6 Å². The van der Waals surface area contributed by atoms with Gasteiger partial charge in [-0.05, 0) is 53.1 Å². The number of anilines is 1. The molecular weight excluding hydrogens is 642 g/mol. The van der Waals surface area contributed by atoms with Gasteiger partial charge in [0.15, 0.2) is 15.8 Å². The molecule has 4 aromatic carbocycles. The third-order valence-electron chi connectivity index (χ3n) is 7.59. The molecule has 1 amide bonds. The van der Waals surface area contributed by atoms with Crippen molar-refractivity contribution in [2.45, 2.75) is 22.7 Å². The lowest BCUT2D eigenvalue weighted by Crippen LogP contribution is -2.29. The van der Waals surface area contributed by atoms with E-state index in [4.69, 9.17) is 14.2 Å². The lowest BCUT2D eigenvalue weighted by atomic mass is 9.95. The summed E-state index contributed by atoms with van der Waals surface area (Å²) in [6.45, 7) is 1.04. The molecule has 12 heteroatoms. The molecule has 0 saturated carbocycles. The summed E-state index contributed by atoms with van der Waals surface area (Å²) in [6.07, 6.45) is 0. The summed E-state index contributed by atoms with van der Waals surface area (Å²) in [4.78, 5) is 28.7. The Kier molecular flexibility index (Phi) is 8.60. The minimum absolute atomic E-state index is 0.123. The number of ketones is 1. The van der Waals surface area contributed by atoms with E-state index in [1.807, 2.05) is 30.3 Å². The minimum Gasteiger partial charge on any atom is -0.507 e. The summed E-state index contributed by atoms with van der Waals surface area (Å²) in [5, 5.41) is 20.3. The molecule has 47 heavy (non-hydrogen) atoms. The van der Waals surface area contributed by atoms with Crippen molar-refractivity contribution in [2.24, 2.45) is 0 Å². The van der Waals surface area contributed by atoms with Crippen molar-refractivity contribution in [1.29, 1.82) is 0 Å². The Hall–Kier alpha value is -5.20. The number of aliphatic hydroxyl groups excluding tert-OH is 1. The molecule has 1 fully saturated rings. The maximum absolute atomic E-state index is 14.2. The third-order valence-corrected chi connectivity index (χ3v) is 9.70. The van der Waals surface area contributed by atoms with Crippen molar-refractivity contribution in [1.82, 2.24) is 10.2 Å². The second-order valence-electron chi connectivity index (χ2n) is 10.6. The van der Waals surface area contributed by atoms with Crippen molar-refractivity contribution >= 4 is 45.7 Å². The zero-order chi connectivity index (χ0) is 32.3. The van der Waals surface area contributed by atoms with E-state index in [1.165, 1.54) is 22.7 Å². The lowest BCUT2D eigenvalue weighted by Gasteiger charge is -2.23. The van der Waals surface area contributed by atoms with E-state index in [2.05, 4.69) is 10.2 Å². The van der Waals surface area contributed by atoms with E-state index < -0.39 is 17.7 Å². The monoisotopic (exact) mass is 667 g/mol. The topological polar surface area (TPSA) is 111 Å². The molecule has 2 aliphatic heterocycles. The smallest absolute Gasteiger partial charge is 0.301 e. The summed E-state index contributed by atoms with van der Waals surface area (Å²) < 4.78 is 32.1. The van der Waals surface area contributed by atoms with Gasteiger partial charge >= 0.3 is 5.91 Å². The fraction of sp³-hybridized carbons (Fsp3) is 0.143. The Morgan fingerprint density at radius 1 is 0.936 bits per heavy atom. The number of Topliss-reactive ketones (excluding diaryl/α,β-unsaturated/α-hetero) is 1. The predicted octanol–water partition coefficient (Wildman–Crippen LogP) is 6.95. The first-order valence-corrected chi connectivity index (χ1v) is 16.4. The van der Waals surface area contributed by atoms with E-state index in [1.54, 1.807) is 60.7 Å². The van der Waals surface area contributed by atoms with Gasteiger partial charge in [-0.15, -0.1) is 10.2 Å². The number of hydrogen-bond donors (Lipinski definition) is 1. The highest BCUT2D eigenvalue weighted by molar-refractivity contribution is 8.00. The van der Waals surface area contributed by atoms with Crippen LogP contribution in [0.25, 0.3) is 5.76 Å². The average Bonchev–Trinajstić information content (AvgIpc) is 3.68. The summed E-state index contributed by atoms with van der Waals surface area (Å²) >= 11 is 2.36. The number of benzene rings is 4. The quantitative estimate of drug-likeness (QED) is 0.0587. The molecule has 0 aliphatic carbocycles. The minimum atomic E-state index is -1.05. The number of aliphatic hydroxyl groups is 1. The first-order valence-electron chi connectivity index (χ1n) is 14.6. The number of aromatic nitrogens is 2.